The van der Waals surface area contributed by atoms with Crippen molar-refractivity contribution in [2.75, 3.05) is 0 Å². The molecule has 0 spiro atoms. The van der Waals surface area contributed by atoms with E-state index in [-0.39, 0.29) is 5.41 Å². The highest BCUT2D eigenvalue weighted by Gasteiger charge is 2.34. The highest BCUT2D eigenvalue weighted by atomic mass is 14.4. The van der Waals surface area contributed by atoms with Crippen LogP contribution in [0.25, 0.3) is 0 Å². The lowest BCUT2D eigenvalue weighted by Crippen LogP contribution is -2.31. The molecule has 0 fully saturated rings. The van der Waals surface area contributed by atoms with Crippen LogP contribution in [0.3, 0.4) is 0 Å². The van der Waals surface area contributed by atoms with Gasteiger partial charge in [0.15, 0.2) is 0 Å². The summed E-state index contributed by atoms with van der Waals surface area (Å²) in [6.45, 7) is 10.8. The molecule has 0 aliphatic heterocycles. The van der Waals surface area contributed by atoms with Crippen LogP contribution in [0.1, 0.15) is 27.2 Å². The van der Waals surface area contributed by atoms with Crippen LogP contribution in [0, 0.1) is 17.3 Å². The maximum atomic E-state index is 3.99. The standard InChI is InChI=1S/C13H20/c1-5-11(3)13(6-2)10-8-7-9-12(13)4/h6-12H,2,5H2,1,3-4H3. The Kier molecular flexibility index (Phi) is 3.13. The fourth-order valence-corrected chi connectivity index (χ4v) is 2.19. The molecule has 0 aromatic heterocycles. The topological polar surface area (TPSA) is 0 Å². The first-order valence-electron chi connectivity index (χ1n) is 5.17. The number of hydrogen-bond acceptors (Lipinski definition) is 0. The van der Waals surface area contributed by atoms with Crippen molar-refractivity contribution in [3.8, 4) is 0 Å². The first-order valence-corrected chi connectivity index (χ1v) is 5.17. The molecular formula is C13H20. The van der Waals surface area contributed by atoms with Crippen molar-refractivity contribution in [1.29, 1.82) is 0 Å². The van der Waals surface area contributed by atoms with Gasteiger partial charge in [0.25, 0.3) is 0 Å². The maximum absolute atomic E-state index is 3.99. The van der Waals surface area contributed by atoms with Crippen molar-refractivity contribution in [3.05, 3.63) is 37.0 Å². The molecule has 0 saturated carbocycles. The molecule has 0 heterocycles. The zero-order valence-corrected chi connectivity index (χ0v) is 8.96. The normalized spacial score (nSPS) is 34.5. The summed E-state index contributed by atoms with van der Waals surface area (Å²) >= 11 is 0. The molecule has 3 atom stereocenters. The van der Waals surface area contributed by atoms with Gasteiger partial charge in [-0.15, -0.1) is 6.58 Å². The molecule has 1 aliphatic rings. The van der Waals surface area contributed by atoms with E-state index in [9.17, 15) is 0 Å². The van der Waals surface area contributed by atoms with Gasteiger partial charge in [-0.1, -0.05) is 57.6 Å². The van der Waals surface area contributed by atoms with Crippen molar-refractivity contribution in [1.82, 2.24) is 0 Å². The minimum Gasteiger partial charge on any atom is -0.102 e. The quantitative estimate of drug-likeness (QED) is 0.571. The fourth-order valence-electron chi connectivity index (χ4n) is 2.19. The van der Waals surface area contributed by atoms with Crippen LogP contribution in [0.2, 0.25) is 0 Å². The van der Waals surface area contributed by atoms with Crippen molar-refractivity contribution < 1.29 is 0 Å². The van der Waals surface area contributed by atoms with Crippen LogP contribution in [0.4, 0.5) is 0 Å². The van der Waals surface area contributed by atoms with Gasteiger partial charge in [0, 0.05) is 5.41 Å². The lowest BCUT2D eigenvalue weighted by molar-refractivity contribution is 0.245. The van der Waals surface area contributed by atoms with Gasteiger partial charge in [0.05, 0.1) is 0 Å². The minimum atomic E-state index is 0.184. The Balaban J connectivity index is 2.98. The average molecular weight is 176 g/mol. The zero-order valence-electron chi connectivity index (χ0n) is 8.96. The molecule has 0 amide bonds. The van der Waals surface area contributed by atoms with E-state index in [1.165, 1.54) is 6.42 Å². The van der Waals surface area contributed by atoms with Gasteiger partial charge >= 0.3 is 0 Å². The van der Waals surface area contributed by atoms with Crippen molar-refractivity contribution in [3.63, 3.8) is 0 Å². The lowest BCUT2D eigenvalue weighted by Gasteiger charge is -2.39. The van der Waals surface area contributed by atoms with Crippen LogP contribution >= 0.6 is 0 Å². The zero-order chi connectivity index (χ0) is 9.90. The predicted molar refractivity (Wildman–Crippen MR) is 59.5 cm³/mol. The van der Waals surface area contributed by atoms with Crippen LogP contribution in [-0.4, -0.2) is 0 Å². The Morgan fingerprint density at radius 1 is 1.54 bits per heavy atom. The average Bonchev–Trinajstić information content (AvgIpc) is 2.18. The second-order valence-electron chi connectivity index (χ2n) is 4.05. The third-order valence-electron chi connectivity index (χ3n) is 3.50. The molecule has 72 valence electrons. The Labute approximate surface area is 82.0 Å². The van der Waals surface area contributed by atoms with E-state index in [0.717, 1.165) is 0 Å². The molecule has 0 bridgehead atoms. The number of rotatable bonds is 3. The van der Waals surface area contributed by atoms with Crippen molar-refractivity contribution in [2.24, 2.45) is 17.3 Å². The summed E-state index contributed by atoms with van der Waals surface area (Å²) in [5.41, 5.74) is 0.184. The molecule has 0 heteroatoms. The van der Waals surface area contributed by atoms with E-state index in [0.29, 0.717) is 11.8 Å². The summed E-state index contributed by atoms with van der Waals surface area (Å²) in [7, 11) is 0. The van der Waals surface area contributed by atoms with Crippen LogP contribution < -0.4 is 0 Å². The molecule has 0 aromatic carbocycles. The van der Waals surface area contributed by atoms with E-state index in [1.54, 1.807) is 0 Å². The molecule has 0 N–H and O–H groups in total. The van der Waals surface area contributed by atoms with E-state index in [1.807, 2.05) is 0 Å². The maximum Gasteiger partial charge on any atom is 0.0147 e. The fraction of sp³-hybridized carbons (Fsp3) is 0.538. The van der Waals surface area contributed by atoms with Gasteiger partial charge in [-0.05, 0) is 11.8 Å². The van der Waals surface area contributed by atoms with E-state index in [2.05, 4.69) is 57.7 Å². The second-order valence-corrected chi connectivity index (χ2v) is 4.05. The summed E-state index contributed by atoms with van der Waals surface area (Å²) in [4.78, 5) is 0. The van der Waals surface area contributed by atoms with E-state index >= 15 is 0 Å². The molecule has 1 rings (SSSR count). The molecule has 0 aromatic rings. The van der Waals surface area contributed by atoms with Crippen LogP contribution in [0.15, 0.2) is 37.0 Å². The van der Waals surface area contributed by atoms with E-state index in [4.69, 9.17) is 0 Å². The first kappa shape index (κ1) is 10.3. The first-order chi connectivity index (χ1) is 6.17. The highest BCUT2D eigenvalue weighted by Crippen LogP contribution is 2.42. The molecule has 0 nitrogen and oxygen atoms in total. The predicted octanol–water partition coefficient (Wildman–Crippen LogP) is 3.97. The summed E-state index contributed by atoms with van der Waals surface area (Å²) < 4.78 is 0. The Bertz CT molecular complexity index is 234. The van der Waals surface area contributed by atoms with Gasteiger partial charge in [0.2, 0.25) is 0 Å². The summed E-state index contributed by atoms with van der Waals surface area (Å²) in [6.07, 6.45) is 12.2. The molecule has 0 saturated heterocycles. The number of allylic oxidation sites excluding steroid dienone is 5. The van der Waals surface area contributed by atoms with Gasteiger partial charge in [-0.2, -0.15) is 0 Å². The lowest BCUT2D eigenvalue weighted by atomic mass is 9.65. The Morgan fingerprint density at radius 3 is 2.69 bits per heavy atom. The Hall–Kier alpha value is -0.780. The minimum absolute atomic E-state index is 0.184. The summed E-state index contributed by atoms with van der Waals surface area (Å²) in [6, 6.07) is 0. The SMILES string of the molecule is C=CC1(C(C)CC)C=CC=CC1C. The van der Waals surface area contributed by atoms with Crippen molar-refractivity contribution in [2.45, 2.75) is 27.2 Å². The molecule has 3 unspecified atom stereocenters. The monoisotopic (exact) mass is 176 g/mol. The Morgan fingerprint density at radius 2 is 2.23 bits per heavy atom. The number of hydrogen-bond donors (Lipinski definition) is 0. The molecule has 1 aliphatic carbocycles. The second kappa shape index (κ2) is 3.95. The highest BCUT2D eigenvalue weighted by molar-refractivity contribution is 5.25. The molecule has 0 radical (unpaired) electrons. The van der Waals surface area contributed by atoms with Crippen LogP contribution in [-0.2, 0) is 0 Å². The van der Waals surface area contributed by atoms with E-state index < -0.39 is 0 Å². The molecular weight excluding hydrogens is 156 g/mol. The van der Waals surface area contributed by atoms with Crippen molar-refractivity contribution >= 4 is 0 Å². The van der Waals surface area contributed by atoms with Gasteiger partial charge in [-0.3, -0.25) is 0 Å². The van der Waals surface area contributed by atoms with Gasteiger partial charge in [-0.25, -0.2) is 0 Å². The third-order valence-corrected chi connectivity index (χ3v) is 3.50. The third kappa shape index (κ3) is 1.63. The summed E-state index contributed by atoms with van der Waals surface area (Å²) in [5.74, 6) is 1.24. The largest absolute Gasteiger partial charge is 0.102 e. The van der Waals surface area contributed by atoms with Gasteiger partial charge < -0.3 is 0 Å². The van der Waals surface area contributed by atoms with Gasteiger partial charge in [0.1, 0.15) is 0 Å². The molecule has 13 heavy (non-hydrogen) atoms. The summed E-state index contributed by atoms with van der Waals surface area (Å²) in [5, 5.41) is 0. The smallest absolute Gasteiger partial charge is 0.0147 e. The van der Waals surface area contributed by atoms with Crippen LogP contribution in [0.5, 0.6) is 0 Å².